The van der Waals surface area contributed by atoms with Gasteiger partial charge in [0.25, 0.3) is 0 Å². The second kappa shape index (κ2) is 5.58. The Bertz CT molecular complexity index is 774. The Labute approximate surface area is 132 Å². The Kier molecular flexibility index (Phi) is 3.76. The highest BCUT2D eigenvalue weighted by atomic mass is 16.3. The van der Waals surface area contributed by atoms with Crippen LogP contribution in [0, 0.1) is 0 Å². The maximum atomic E-state index is 10.8. The molecule has 1 atom stereocenters. The fraction of sp³-hybridized carbons (Fsp3) is 0.238. The molecule has 0 aliphatic heterocycles. The van der Waals surface area contributed by atoms with Crippen molar-refractivity contribution in [2.45, 2.75) is 32.3 Å². The molecule has 112 valence electrons. The van der Waals surface area contributed by atoms with Crippen molar-refractivity contribution in [2.75, 3.05) is 0 Å². The van der Waals surface area contributed by atoms with Crippen molar-refractivity contribution < 1.29 is 5.11 Å². The van der Waals surface area contributed by atoms with E-state index in [0.29, 0.717) is 0 Å². The minimum absolute atomic E-state index is 0.128. The largest absolute Gasteiger partial charge is 0.384 e. The van der Waals surface area contributed by atoms with E-state index >= 15 is 0 Å². The molecule has 0 saturated heterocycles. The van der Waals surface area contributed by atoms with Crippen LogP contribution in [-0.2, 0) is 5.41 Å². The Hall–Kier alpha value is -2.12. The lowest BCUT2D eigenvalue weighted by Gasteiger charge is -2.20. The fourth-order valence-corrected chi connectivity index (χ4v) is 2.83. The Morgan fingerprint density at radius 2 is 1.41 bits per heavy atom. The van der Waals surface area contributed by atoms with Gasteiger partial charge in [-0.2, -0.15) is 0 Å². The first kappa shape index (κ1) is 14.8. The number of hydrogen-bond acceptors (Lipinski definition) is 1. The minimum atomic E-state index is -0.597. The van der Waals surface area contributed by atoms with Gasteiger partial charge in [0.05, 0.1) is 0 Å². The maximum Gasteiger partial charge on any atom is 0.105 e. The molecule has 3 aromatic carbocycles. The van der Waals surface area contributed by atoms with E-state index in [9.17, 15) is 5.11 Å². The quantitative estimate of drug-likeness (QED) is 0.686. The van der Waals surface area contributed by atoms with Gasteiger partial charge in [0.15, 0.2) is 0 Å². The van der Waals surface area contributed by atoms with Gasteiger partial charge in [0.2, 0.25) is 0 Å². The smallest absolute Gasteiger partial charge is 0.105 e. The fourth-order valence-electron chi connectivity index (χ4n) is 2.83. The number of fused-ring (bicyclic) bond motifs is 1. The third-order valence-corrected chi connectivity index (χ3v) is 4.21. The summed E-state index contributed by atoms with van der Waals surface area (Å²) in [4.78, 5) is 0. The standard InChI is InChI=1S/C21H22O/c1-21(2,3)17-13-11-16(12-14-17)20(22)19-10-6-8-15-7-4-5-9-18(15)19/h4-14,20,22H,1-3H3. The van der Waals surface area contributed by atoms with Crippen LogP contribution in [-0.4, -0.2) is 5.11 Å². The molecule has 0 fully saturated rings. The number of aliphatic hydroxyl groups is 1. The van der Waals surface area contributed by atoms with Crippen molar-refractivity contribution in [3.8, 4) is 0 Å². The average Bonchev–Trinajstić information content (AvgIpc) is 2.53. The summed E-state index contributed by atoms with van der Waals surface area (Å²) in [6, 6.07) is 22.6. The summed E-state index contributed by atoms with van der Waals surface area (Å²) in [6.45, 7) is 6.59. The van der Waals surface area contributed by atoms with Gasteiger partial charge in [-0.3, -0.25) is 0 Å². The van der Waals surface area contributed by atoms with Gasteiger partial charge in [-0.1, -0.05) is 87.5 Å². The predicted octanol–water partition coefficient (Wildman–Crippen LogP) is 5.22. The molecule has 1 heteroatoms. The topological polar surface area (TPSA) is 20.2 Å². The van der Waals surface area contributed by atoms with Gasteiger partial charge in [-0.15, -0.1) is 0 Å². The maximum absolute atomic E-state index is 10.8. The molecule has 0 radical (unpaired) electrons. The molecule has 0 aliphatic carbocycles. The minimum Gasteiger partial charge on any atom is -0.384 e. The lowest BCUT2D eigenvalue weighted by molar-refractivity contribution is 0.222. The lowest BCUT2D eigenvalue weighted by Crippen LogP contribution is -2.11. The molecular formula is C21H22O. The molecular weight excluding hydrogens is 268 g/mol. The van der Waals surface area contributed by atoms with Gasteiger partial charge in [0, 0.05) is 0 Å². The number of hydrogen-bond donors (Lipinski definition) is 1. The van der Waals surface area contributed by atoms with Crippen molar-refractivity contribution in [2.24, 2.45) is 0 Å². The molecule has 1 unspecified atom stereocenters. The van der Waals surface area contributed by atoms with Crippen molar-refractivity contribution >= 4 is 10.8 Å². The SMILES string of the molecule is CC(C)(C)c1ccc(C(O)c2cccc3ccccc23)cc1. The molecule has 0 amide bonds. The molecule has 0 saturated carbocycles. The second-order valence-corrected chi connectivity index (χ2v) is 6.84. The van der Waals surface area contributed by atoms with Crippen LogP contribution in [0.2, 0.25) is 0 Å². The van der Waals surface area contributed by atoms with E-state index in [2.05, 4.69) is 51.1 Å². The van der Waals surface area contributed by atoms with E-state index in [0.717, 1.165) is 21.9 Å². The third-order valence-electron chi connectivity index (χ3n) is 4.21. The summed E-state index contributed by atoms with van der Waals surface area (Å²) in [6.07, 6.45) is -0.597. The van der Waals surface area contributed by atoms with E-state index in [1.54, 1.807) is 0 Å². The number of benzene rings is 3. The molecule has 0 bridgehead atoms. The summed E-state index contributed by atoms with van der Waals surface area (Å²) < 4.78 is 0. The summed E-state index contributed by atoms with van der Waals surface area (Å²) in [5, 5.41) is 13.1. The number of aliphatic hydroxyl groups excluding tert-OH is 1. The summed E-state index contributed by atoms with van der Waals surface area (Å²) in [5.74, 6) is 0. The van der Waals surface area contributed by atoms with Crippen LogP contribution in [0.5, 0.6) is 0 Å². The van der Waals surface area contributed by atoms with Gasteiger partial charge >= 0.3 is 0 Å². The van der Waals surface area contributed by atoms with Crippen molar-refractivity contribution in [3.05, 3.63) is 83.4 Å². The molecule has 0 aromatic heterocycles. The van der Waals surface area contributed by atoms with Crippen LogP contribution in [0.4, 0.5) is 0 Å². The van der Waals surface area contributed by atoms with Crippen LogP contribution in [0.15, 0.2) is 66.7 Å². The van der Waals surface area contributed by atoms with Gasteiger partial charge in [0.1, 0.15) is 6.10 Å². The molecule has 1 N–H and O–H groups in total. The molecule has 3 rings (SSSR count). The van der Waals surface area contributed by atoms with Crippen molar-refractivity contribution in [1.82, 2.24) is 0 Å². The van der Waals surface area contributed by atoms with Gasteiger partial charge in [-0.25, -0.2) is 0 Å². The summed E-state index contributed by atoms with van der Waals surface area (Å²) in [5.41, 5.74) is 3.30. The highest BCUT2D eigenvalue weighted by molar-refractivity contribution is 5.86. The van der Waals surface area contributed by atoms with Crippen LogP contribution in [0.1, 0.15) is 43.6 Å². The highest BCUT2D eigenvalue weighted by Gasteiger charge is 2.16. The zero-order valence-electron chi connectivity index (χ0n) is 13.4. The Morgan fingerprint density at radius 3 is 2.09 bits per heavy atom. The van der Waals surface area contributed by atoms with Crippen LogP contribution in [0.3, 0.4) is 0 Å². The molecule has 22 heavy (non-hydrogen) atoms. The summed E-state index contributed by atoms with van der Waals surface area (Å²) in [7, 11) is 0. The first-order valence-corrected chi connectivity index (χ1v) is 7.73. The first-order chi connectivity index (χ1) is 10.5. The molecule has 0 spiro atoms. The van der Waals surface area contributed by atoms with Crippen LogP contribution < -0.4 is 0 Å². The lowest BCUT2D eigenvalue weighted by atomic mass is 9.86. The van der Waals surface area contributed by atoms with Gasteiger partial charge < -0.3 is 5.11 Å². The van der Waals surface area contributed by atoms with E-state index in [1.807, 2.05) is 36.4 Å². The first-order valence-electron chi connectivity index (χ1n) is 7.73. The molecule has 0 aliphatic rings. The summed E-state index contributed by atoms with van der Waals surface area (Å²) >= 11 is 0. The average molecular weight is 290 g/mol. The Balaban J connectivity index is 2.01. The second-order valence-electron chi connectivity index (χ2n) is 6.84. The zero-order chi connectivity index (χ0) is 15.7. The number of rotatable bonds is 2. The van der Waals surface area contributed by atoms with Crippen molar-refractivity contribution in [3.63, 3.8) is 0 Å². The van der Waals surface area contributed by atoms with Crippen molar-refractivity contribution in [1.29, 1.82) is 0 Å². The molecule has 1 nitrogen and oxygen atoms in total. The molecule has 3 aromatic rings. The van der Waals surface area contributed by atoms with E-state index < -0.39 is 6.10 Å². The van der Waals surface area contributed by atoms with E-state index in [4.69, 9.17) is 0 Å². The monoisotopic (exact) mass is 290 g/mol. The predicted molar refractivity (Wildman–Crippen MR) is 93.2 cm³/mol. The highest BCUT2D eigenvalue weighted by Crippen LogP contribution is 2.30. The van der Waals surface area contributed by atoms with Crippen LogP contribution in [0.25, 0.3) is 10.8 Å². The normalized spacial score (nSPS) is 13.3. The third kappa shape index (κ3) is 2.77. The van der Waals surface area contributed by atoms with Crippen LogP contribution >= 0.6 is 0 Å². The van der Waals surface area contributed by atoms with Gasteiger partial charge in [-0.05, 0) is 32.9 Å². The van der Waals surface area contributed by atoms with E-state index in [-0.39, 0.29) is 5.41 Å². The van der Waals surface area contributed by atoms with E-state index in [1.165, 1.54) is 5.56 Å². The molecule has 0 heterocycles. The zero-order valence-corrected chi connectivity index (χ0v) is 13.4. The Morgan fingerprint density at radius 1 is 0.773 bits per heavy atom.